The molecular formula is C27H31FN4O5. The van der Waals surface area contributed by atoms with Gasteiger partial charge in [0, 0.05) is 26.2 Å². The lowest BCUT2D eigenvalue weighted by Gasteiger charge is -2.18. The van der Waals surface area contributed by atoms with Crippen LogP contribution >= 0.6 is 0 Å². The highest BCUT2D eigenvalue weighted by Crippen LogP contribution is 2.26. The van der Waals surface area contributed by atoms with Gasteiger partial charge in [0.2, 0.25) is 0 Å². The first kappa shape index (κ1) is 26.5. The van der Waals surface area contributed by atoms with E-state index in [0.29, 0.717) is 60.7 Å². The molecule has 1 amide bonds. The van der Waals surface area contributed by atoms with Crippen molar-refractivity contribution in [2.75, 3.05) is 32.9 Å². The number of carbonyl (C=O) groups excluding carboxylic acids is 1. The summed E-state index contributed by atoms with van der Waals surface area (Å²) >= 11 is 0. The second kappa shape index (κ2) is 12.6. The molecule has 0 spiro atoms. The monoisotopic (exact) mass is 510 g/mol. The number of amides is 1. The molecule has 2 N–H and O–H groups in total. The van der Waals surface area contributed by atoms with Gasteiger partial charge in [-0.2, -0.15) is 5.26 Å². The van der Waals surface area contributed by atoms with Crippen molar-refractivity contribution in [2.45, 2.75) is 44.9 Å². The van der Waals surface area contributed by atoms with Crippen LogP contribution in [-0.4, -0.2) is 55.5 Å². The van der Waals surface area contributed by atoms with E-state index in [9.17, 15) is 14.9 Å². The van der Waals surface area contributed by atoms with Crippen LogP contribution in [0.2, 0.25) is 0 Å². The predicted octanol–water partition coefficient (Wildman–Crippen LogP) is 2.76. The maximum Gasteiger partial charge on any atom is 0.420 e. The largest absolute Gasteiger partial charge is 0.420 e. The van der Waals surface area contributed by atoms with E-state index in [4.69, 9.17) is 13.9 Å². The number of carbonyl (C=O) groups is 1. The van der Waals surface area contributed by atoms with Crippen molar-refractivity contribution in [3.63, 3.8) is 0 Å². The topological polar surface area (TPSA) is 119 Å². The molecule has 0 bridgehead atoms. The van der Waals surface area contributed by atoms with Gasteiger partial charge in [0.1, 0.15) is 18.0 Å². The molecule has 9 nitrogen and oxygen atoms in total. The fourth-order valence-corrected chi connectivity index (χ4v) is 4.24. The Morgan fingerprint density at radius 3 is 2.89 bits per heavy atom. The summed E-state index contributed by atoms with van der Waals surface area (Å²) in [6.45, 7) is 4.96. The SMILES string of the molecule is CCCOCCn1c(=O)oc2ccc(-c3ccc(CC(C#N)NC(=O)C4CNCCCO4)c(F)c3)cc21. The molecule has 10 heteroatoms. The summed E-state index contributed by atoms with van der Waals surface area (Å²) in [6, 6.07) is 11.1. The molecule has 0 aliphatic carbocycles. The van der Waals surface area contributed by atoms with E-state index >= 15 is 4.39 Å². The van der Waals surface area contributed by atoms with E-state index in [-0.39, 0.29) is 6.42 Å². The van der Waals surface area contributed by atoms with E-state index in [1.165, 1.54) is 10.6 Å². The first-order valence-electron chi connectivity index (χ1n) is 12.5. The highest BCUT2D eigenvalue weighted by Gasteiger charge is 2.24. The molecule has 3 aromatic rings. The Bertz CT molecular complexity index is 1320. The number of hydrogen-bond acceptors (Lipinski definition) is 7. The van der Waals surface area contributed by atoms with Gasteiger partial charge in [0.25, 0.3) is 5.91 Å². The maximum atomic E-state index is 15.1. The van der Waals surface area contributed by atoms with Crippen LogP contribution in [0.3, 0.4) is 0 Å². The Morgan fingerprint density at radius 1 is 1.30 bits per heavy atom. The molecule has 2 aromatic carbocycles. The van der Waals surface area contributed by atoms with E-state index < -0.39 is 29.6 Å². The molecule has 2 unspecified atom stereocenters. The number of ether oxygens (including phenoxy) is 2. The summed E-state index contributed by atoms with van der Waals surface area (Å²) in [6.07, 6.45) is 1.04. The summed E-state index contributed by atoms with van der Waals surface area (Å²) in [7, 11) is 0. The van der Waals surface area contributed by atoms with E-state index in [2.05, 4.69) is 10.6 Å². The number of nitriles is 1. The maximum absolute atomic E-state index is 15.1. The molecule has 2 atom stereocenters. The smallest absolute Gasteiger partial charge is 0.408 e. The number of nitrogens with one attached hydrogen (secondary N) is 2. The summed E-state index contributed by atoms with van der Waals surface area (Å²) in [5.41, 5.74) is 2.69. The molecule has 1 aliphatic heterocycles. The minimum absolute atomic E-state index is 0.0204. The van der Waals surface area contributed by atoms with Gasteiger partial charge < -0.3 is 24.5 Å². The van der Waals surface area contributed by atoms with Crippen LogP contribution in [0.15, 0.2) is 45.6 Å². The Hall–Kier alpha value is -3.52. The number of fused-ring (bicyclic) bond motifs is 1. The zero-order valence-electron chi connectivity index (χ0n) is 20.8. The molecule has 196 valence electrons. The van der Waals surface area contributed by atoms with Crippen molar-refractivity contribution in [1.29, 1.82) is 5.26 Å². The number of rotatable bonds is 10. The first-order valence-corrected chi connectivity index (χ1v) is 12.5. The molecule has 1 aliphatic rings. The third kappa shape index (κ3) is 6.63. The van der Waals surface area contributed by atoms with Crippen molar-refractivity contribution in [2.24, 2.45) is 0 Å². The van der Waals surface area contributed by atoms with E-state index in [1.807, 2.05) is 13.0 Å². The van der Waals surface area contributed by atoms with Crippen LogP contribution in [0.1, 0.15) is 25.3 Å². The Kier molecular flexibility index (Phi) is 9.06. The number of halogens is 1. The Balaban J connectivity index is 1.47. The van der Waals surface area contributed by atoms with Crippen molar-refractivity contribution in [1.82, 2.24) is 15.2 Å². The summed E-state index contributed by atoms with van der Waals surface area (Å²) < 4.78 is 32.9. The third-order valence-corrected chi connectivity index (χ3v) is 6.20. The lowest BCUT2D eigenvalue weighted by Crippen LogP contribution is -2.46. The van der Waals surface area contributed by atoms with Crippen molar-refractivity contribution in [3.8, 4) is 17.2 Å². The van der Waals surface area contributed by atoms with Gasteiger partial charge in [0.15, 0.2) is 5.58 Å². The van der Waals surface area contributed by atoms with E-state index in [0.717, 1.165) is 19.4 Å². The summed E-state index contributed by atoms with van der Waals surface area (Å²) in [5, 5.41) is 15.3. The number of aromatic nitrogens is 1. The van der Waals surface area contributed by atoms with Crippen LogP contribution in [0.5, 0.6) is 0 Å². The normalized spacial score (nSPS) is 16.7. The minimum Gasteiger partial charge on any atom is -0.408 e. The molecule has 2 heterocycles. The van der Waals surface area contributed by atoms with Gasteiger partial charge in [0.05, 0.1) is 24.7 Å². The second-order valence-electron chi connectivity index (χ2n) is 8.93. The quantitative estimate of drug-likeness (QED) is 0.403. The molecule has 1 aromatic heterocycles. The van der Waals surface area contributed by atoms with Crippen molar-refractivity contribution >= 4 is 17.0 Å². The lowest BCUT2D eigenvalue weighted by atomic mass is 10.00. The van der Waals surface area contributed by atoms with Crippen LogP contribution in [0.4, 0.5) is 4.39 Å². The molecule has 0 saturated carbocycles. The second-order valence-corrected chi connectivity index (χ2v) is 8.93. The van der Waals surface area contributed by atoms with Crippen molar-refractivity contribution < 1.29 is 23.1 Å². The number of benzene rings is 2. The zero-order chi connectivity index (χ0) is 26.2. The molecule has 4 rings (SSSR count). The standard InChI is InChI=1S/C27H31FN4O5/c1-2-10-35-12-9-32-23-15-19(6-7-24(23)37-27(32)34)18-4-5-20(22(28)14-18)13-21(16-29)31-26(33)25-17-30-8-3-11-36-25/h4-7,14-15,21,25,30H,2-3,8-13,17H2,1H3,(H,31,33). The average molecular weight is 511 g/mol. The van der Waals surface area contributed by atoms with Gasteiger partial charge in [-0.15, -0.1) is 0 Å². The summed E-state index contributed by atoms with van der Waals surface area (Å²) in [4.78, 5) is 24.8. The Morgan fingerprint density at radius 2 is 2.11 bits per heavy atom. The fourth-order valence-electron chi connectivity index (χ4n) is 4.24. The van der Waals surface area contributed by atoms with Crippen LogP contribution in [0.25, 0.3) is 22.2 Å². The van der Waals surface area contributed by atoms with Crippen LogP contribution in [-0.2, 0) is 27.2 Å². The number of hydrogen-bond donors (Lipinski definition) is 2. The molecule has 1 fully saturated rings. The molecular weight excluding hydrogens is 479 g/mol. The lowest BCUT2D eigenvalue weighted by molar-refractivity contribution is -0.132. The third-order valence-electron chi connectivity index (χ3n) is 6.20. The Labute approximate surface area is 214 Å². The van der Waals surface area contributed by atoms with Gasteiger partial charge in [-0.05, 0) is 54.3 Å². The van der Waals surface area contributed by atoms with Gasteiger partial charge >= 0.3 is 5.76 Å². The van der Waals surface area contributed by atoms with Crippen LogP contribution in [0, 0.1) is 17.1 Å². The fraction of sp³-hybridized carbons (Fsp3) is 0.444. The zero-order valence-corrected chi connectivity index (χ0v) is 20.8. The number of nitrogens with zero attached hydrogens (tertiary/aromatic N) is 2. The molecule has 0 radical (unpaired) electrons. The van der Waals surface area contributed by atoms with E-state index in [1.54, 1.807) is 30.3 Å². The minimum atomic E-state index is -0.897. The van der Waals surface area contributed by atoms with Gasteiger partial charge in [-0.3, -0.25) is 9.36 Å². The highest BCUT2D eigenvalue weighted by molar-refractivity contribution is 5.82. The van der Waals surface area contributed by atoms with Crippen LogP contribution < -0.4 is 16.4 Å². The van der Waals surface area contributed by atoms with Gasteiger partial charge in [-0.1, -0.05) is 25.1 Å². The first-order chi connectivity index (χ1) is 18.0. The highest BCUT2D eigenvalue weighted by atomic mass is 19.1. The summed E-state index contributed by atoms with van der Waals surface area (Å²) in [5.74, 6) is -1.35. The predicted molar refractivity (Wildman–Crippen MR) is 135 cm³/mol. The number of oxazole rings is 1. The van der Waals surface area contributed by atoms with Crippen molar-refractivity contribution in [3.05, 3.63) is 58.3 Å². The van der Waals surface area contributed by atoms with Gasteiger partial charge in [-0.25, -0.2) is 9.18 Å². The molecule has 37 heavy (non-hydrogen) atoms. The molecule has 1 saturated heterocycles. The average Bonchev–Trinajstić information content (AvgIpc) is 3.04.